The molecular formula is C36H38ClN3O4S. The van der Waals surface area contributed by atoms with Crippen LogP contribution in [0.2, 0.25) is 5.02 Å². The number of halogens is 1. The Kier molecular flexibility index (Phi) is 9.31. The predicted octanol–water partition coefficient (Wildman–Crippen LogP) is 9.50. The van der Waals surface area contributed by atoms with Crippen molar-refractivity contribution in [2.75, 3.05) is 13.7 Å². The quantitative estimate of drug-likeness (QED) is 0.156. The third-order valence-corrected chi connectivity index (χ3v) is 8.50. The summed E-state index contributed by atoms with van der Waals surface area (Å²) >= 11 is 7.92. The second-order valence-electron chi connectivity index (χ2n) is 13.0. The molecule has 1 unspecified atom stereocenters. The molecule has 234 valence electrons. The summed E-state index contributed by atoms with van der Waals surface area (Å²) in [6, 6.07) is 15.8. The second kappa shape index (κ2) is 12.9. The van der Waals surface area contributed by atoms with Gasteiger partial charge in [0.05, 0.1) is 40.2 Å². The zero-order chi connectivity index (χ0) is 32.5. The maximum absolute atomic E-state index is 12.9. The number of hydrogen-bond donors (Lipinski definition) is 0. The maximum atomic E-state index is 12.9. The van der Waals surface area contributed by atoms with E-state index in [4.69, 9.17) is 30.8 Å². The first-order valence-electron chi connectivity index (χ1n) is 14.7. The van der Waals surface area contributed by atoms with Crippen LogP contribution in [0.1, 0.15) is 58.8 Å². The highest BCUT2D eigenvalue weighted by atomic mass is 35.5. The lowest BCUT2D eigenvalue weighted by molar-refractivity contribution is -0.162. The highest BCUT2D eigenvalue weighted by Gasteiger charge is 2.31. The molecule has 0 saturated heterocycles. The van der Waals surface area contributed by atoms with Crippen LogP contribution >= 0.6 is 22.9 Å². The van der Waals surface area contributed by atoms with Gasteiger partial charge in [-0.1, -0.05) is 23.7 Å². The largest absolute Gasteiger partial charge is 0.495 e. The number of benzene rings is 2. The summed E-state index contributed by atoms with van der Waals surface area (Å²) in [6.07, 6.45) is 4.69. The first-order valence-corrected chi connectivity index (χ1v) is 15.9. The molecule has 0 fully saturated rings. The molecule has 45 heavy (non-hydrogen) atoms. The summed E-state index contributed by atoms with van der Waals surface area (Å²) in [7, 11) is 1.62. The van der Waals surface area contributed by atoms with Crippen LogP contribution in [0.25, 0.3) is 43.2 Å². The fraction of sp³-hybridized carbons (Fsp3) is 0.333. The highest BCUT2D eigenvalue weighted by Crippen LogP contribution is 2.44. The van der Waals surface area contributed by atoms with Crippen LogP contribution in [-0.2, 0) is 14.3 Å². The topological polar surface area (TPSA) is 83.4 Å². The zero-order valence-corrected chi connectivity index (χ0v) is 28.5. The molecule has 0 spiro atoms. The van der Waals surface area contributed by atoms with E-state index in [-0.39, 0.29) is 12.6 Å². The van der Waals surface area contributed by atoms with Crippen molar-refractivity contribution in [3.05, 3.63) is 83.3 Å². The van der Waals surface area contributed by atoms with E-state index in [1.807, 2.05) is 84.0 Å². The van der Waals surface area contributed by atoms with Crippen molar-refractivity contribution in [2.45, 2.75) is 60.2 Å². The van der Waals surface area contributed by atoms with Gasteiger partial charge in [0.1, 0.15) is 23.5 Å². The standard InChI is InChI=1S/C36H38ClN3O4S/c1-21-15-28-32(45-33(40-28)23-13-14-39-27(17-23)24-16-26(42-8)19-38-18-24)31(22-9-11-25(37)12-10-22)30(21)29(44-36(5,6)7)20-43-34(41)35(2,3)4/h9-19,29H,20H2,1-8H3. The van der Waals surface area contributed by atoms with Gasteiger partial charge in [0, 0.05) is 34.1 Å². The predicted molar refractivity (Wildman–Crippen MR) is 182 cm³/mol. The van der Waals surface area contributed by atoms with Crippen LogP contribution in [-0.4, -0.2) is 40.2 Å². The van der Waals surface area contributed by atoms with E-state index in [0.717, 1.165) is 54.3 Å². The van der Waals surface area contributed by atoms with Gasteiger partial charge in [0.25, 0.3) is 0 Å². The molecule has 0 aliphatic rings. The number of esters is 1. The van der Waals surface area contributed by atoms with Crippen molar-refractivity contribution < 1.29 is 19.0 Å². The lowest BCUT2D eigenvalue weighted by Gasteiger charge is -2.31. The van der Waals surface area contributed by atoms with Crippen molar-refractivity contribution in [1.29, 1.82) is 0 Å². The first kappa shape index (κ1) is 32.5. The van der Waals surface area contributed by atoms with Crippen LogP contribution in [0.5, 0.6) is 5.75 Å². The molecular weight excluding hydrogens is 606 g/mol. The summed E-state index contributed by atoms with van der Waals surface area (Å²) in [4.78, 5) is 26.8. The summed E-state index contributed by atoms with van der Waals surface area (Å²) in [6.45, 7) is 13.7. The van der Waals surface area contributed by atoms with Crippen molar-refractivity contribution in [3.63, 3.8) is 0 Å². The van der Waals surface area contributed by atoms with Crippen molar-refractivity contribution in [3.8, 4) is 38.7 Å². The smallest absolute Gasteiger partial charge is 0.311 e. The van der Waals surface area contributed by atoms with Gasteiger partial charge in [-0.05, 0) is 102 Å². The third-order valence-electron chi connectivity index (χ3n) is 7.11. The van der Waals surface area contributed by atoms with Gasteiger partial charge in [-0.15, -0.1) is 11.3 Å². The molecule has 5 aromatic rings. The molecule has 1 atom stereocenters. The molecule has 3 aromatic heterocycles. The Balaban J connectivity index is 1.68. The molecule has 2 aromatic carbocycles. The minimum absolute atomic E-state index is 0.0776. The van der Waals surface area contributed by atoms with Crippen molar-refractivity contribution >= 4 is 39.1 Å². The fourth-order valence-corrected chi connectivity index (χ4v) is 6.26. The summed E-state index contributed by atoms with van der Waals surface area (Å²) in [5.41, 5.74) is 6.18. The Morgan fingerprint density at radius 2 is 1.69 bits per heavy atom. The van der Waals surface area contributed by atoms with E-state index in [0.29, 0.717) is 10.8 Å². The van der Waals surface area contributed by atoms with Gasteiger partial charge in [0.15, 0.2) is 0 Å². The lowest BCUT2D eigenvalue weighted by Crippen LogP contribution is -2.30. The Morgan fingerprint density at radius 3 is 2.36 bits per heavy atom. The fourth-order valence-electron chi connectivity index (χ4n) is 5.02. The summed E-state index contributed by atoms with van der Waals surface area (Å²) in [5.74, 6) is 0.382. The van der Waals surface area contributed by atoms with Gasteiger partial charge in [-0.2, -0.15) is 0 Å². The maximum Gasteiger partial charge on any atom is 0.311 e. The molecule has 5 rings (SSSR count). The zero-order valence-electron chi connectivity index (χ0n) is 26.9. The highest BCUT2D eigenvalue weighted by molar-refractivity contribution is 7.22. The molecule has 9 heteroatoms. The molecule has 0 radical (unpaired) electrons. The van der Waals surface area contributed by atoms with Gasteiger partial charge in [-0.3, -0.25) is 14.8 Å². The van der Waals surface area contributed by atoms with Gasteiger partial charge in [0.2, 0.25) is 0 Å². The van der Waals surface area contributed by atoms with Crippen LogP contribution in [0.15, 0.2) is 67.1 Å². The van der Waals surface area contributed by atoms with Gasteiger partial charge in [-0.25, -0.2) is 4.98 Å². The SMILES string of the molecule is COc1cncc(-c2cc(-c3nc4cc(C)c(C(COC(=O)C(C)(C)C)OC(C)(C)C)c(-c5ccc(Cl)cc5)c4s3)ccn2)c1. The van der Waals surface area contributed by atoms with E-state index in [1.54, 1.807) is 37.0 Å². The number of nitrogens with zero attached hydrogens (tertiary/aromatic N) is 3. The number of methoxy groups -OCH3 is 1. The van der Waals surface area contributed by atoms with Crippen LogP contribution in [0.4, 0.5) is 0 Å². The molecule has 0 aliphatic heterocycles. The van der Waals surface area contributed by atoms with Crippen molar-refractivity contribution in [1.82, 2.24) is 15.0 Å². The number of carbonyl (C=O) groups is 1. The number of thiazole rings is 1. The molecule has 7 nitrogen and oxygen atoms in total. The first-order chi connectivity index (χ1) is 21.2. The molecule has 0 amide bonds. The monoisotopic (exact) mass is 643 g/mol. The lowest BCUT2D eigenvalue weighted by atomic mass is 9.91. The van der Waals surface area contributed by atoms with Crippen LogP contribution < -0.4 is 4.74 Å². The number of carbonyl (C=O) groups excluding carboxylic acids is 1. The van der Waals surface area contributed by atoms with E-state index >= 15 is 0 Å². The van der Waals surface area contributed by atoms with E-state index in [1.165, 1.54) is 0 Å². The molecule has 0 bridgehead atoms. The van der Waals surface area contributed by atoms with E-state index < -0.39 is 17.1 Å². The molecule has 0 N–H and O–H groups in total. The average molecular weight is 644 g/mol. The Labute approximate surface area is 273 Å². The van der Waals surface area contributed by atoms with E-state index in [9.17, 15) is 4.79 Å². The second-order valence-corrected chi connectivity index (χ2v) is 14.4. The number of ether oxygens (including phenoxy) is 3. The number of aromatic nitrogens is 3. The minimum atomic E-state index is -0.638. The van der Waals surface area contributed by atoms with Crippen LogP contribution in [0.3, 0.4) is 0 Å². The van der Waals surface area contributed by atoms with E-state index in [2.05, 4.69) is 23.0 Å². The molecule has 0 aliphatic carbocycles. The Hall–Kier alpha value is -3.85. The molecule has 0 saturated carbocycles. The minimum Gasteiger partial charge on any atom is -0.495 e. The van der Waals surface area contributed by atoms with Gasteiger partial charge >= 0.3 is 5.97 Å². The number of pyridine rings is 2. The number of fused-ring (bicyclic) bond motifs is 1. The van der Waals surface area contributed by atoms with Gasteiger partial charge < -0.3 is 14.2 Å². The van der Waals surface area contributed by atoms with Crippen molar-refractivity contribution in [2.24, 2.45) is 5.41 Å². The summed E-state index contributed by atoms with van der Waals surface area (Å²) < 4.78 is 18.9. The Bertz CT molecular complexity index is 1840. The summed E-state index contributed by atoms with van der Waals surface area (Å²) in [5, 5.41) is 1.50. The third kappa shape index (κ3) is 7.52. The Morgan fingerprint density at radius 1 is 0.956 bits per heavy atom. The van der Waals surface area contributed by atoms with Crippen LogP contribution in [0, 0.1) is 12.3 Å². The average Bonchev–Trinajstić information content (AvgIpc) is 3.41. The number of rotatable bonds is 8. The molecule has 3 heterocycles. The number of hydrogen-bond acceptors (Lipinski definition) is 8. The normalized spacial score (nSPS) is 12.7. The number of aryl methyl sites for hydroxylation is 1.